The molecule has 0 spiro atoms. The molecule has 1 fully saturated rings. The van der Waals surface area contributed by atoms with E-state index in [4.69, 9.17) is 4.74 Å². The van der Waals surface area contributed by atoms with Crippen molar-refractivity contribution in [1.82, 2.24) is 15.2 Å². The maximum atomic E-state index is 13.5. The van der Waals surface area contributed by atoms with Gasteiger partial charge in [0.15, 0.2) is 5.60 Å². The Kier molecular flexibility index (Phi) is 6.84. The SMILES string of the molecule is CC(C)NC(=O)[C@]1(Cc2ccccc2-c2ccccc2)CN(C(=O)c2ccccn2)CCO1. The predicted octanol–water partition coefficient (Wildman–Crippen LogP) is 3.73. The van der Waals surface area contributed by atoms with E-state index in [0.29, 0.717) is 18.7 Å². The maximum absolute atomic E-state index is 13.5. The number of ether oxygens (including phenoxy) is 1. The van der Waals surface area contributed by atoms with Crippen LogP contribution in [-0.2, 0) is 16.0 Å². The van der Waals surface area contributed by atoms with Gasteiger partial charge < -0.3 is 15.0 Å². The molecule has 3 aromatic rings. The molecule has 1 aromatic heterocycles. The Bertz CT molecular complexity index is 1100. The second-order valence-corrected chi connectivity index (χ2v) is 8.61. The van der Waals surface area contributed by atoms with Gasteiger partial charge in [-0.2, -0.15) is 0 Å². The summed E-state index contributed by atoms with van der Waals surface area (Å²) in [6, 6.07) is 23.3. The van der Waals surface area contributed by atoms with Crippen molar-refractivity contribution in [2.45, 2.75) is 31.9 Å². The molecule has 2 heterocycles. The first-order chi connectivity index (χ1) is 16.0. The topological polar surface area (TPSA) is 71.5 Å². The molecular weight excluding hydrogens is 414 g/mol. The summed E-state index contributed by atoms with van der Waals surface area (Å²) in [7, 11) is 0. The molecule has 0 aliphatic carbocycles. The van der Waals surface area contributed by atoms with Gasteiger partial charge in [0, 0.05) is 25.2 Å². The van der Waals surface area contributed by atoms with Gasteiger partial charge in [-0.15, -0.1) is 0 Å². The number of nitrogens with zero attached hydrogens (tertiary/aromatic N) is 2. The lowest BCUT2D eigenvalue weighted by molar-refractivity contribution is -0.157. The Morgan fingerprint density at radius 1 is 1.03 bits per heavy atom. The average molecular weight is 444 g/mol. The van der Waals surface area contributed by atoms with E-state index < -0.39 is 5.60 Å². The van der Waals surface area contributed by atoms with Gasteiger partial charge in [-0.05, 0) is 42.7 Å². The van der Waals surface area contributed by atoms with Crippen LogP contribution in [0.15, 0.2) is 79.0 Å². The van der Waals surface area contributed by atoms with Crippen molar-refractivity contribution in [3.8, 4) is 11.1 Å². The number of amides is 2. The number of pyridine rings is 1. The molecule has 0 saturated carbocycles. The zero-order chi connectivity index (χ0) is 23.3. The Morgan fingerprint density at radius 2 is 1.76 bits per heavy atom. The number of hydrogen-bond acceptors (Lipinski definition) is 4. The van der Waals surface area contributed by atoms with Crippen molar-refractivity contribution >= 4 is 11.8 Å². The van der Waals surface area contributed by atoms with Crippen molar-refractivity contribution in [2.24, 2.45) is 0 Å². The van der Waals surface area contributed by atoms with Gasteiger partial charge in [0.1, 0.15) is 5.69 Å². The smallest absolute Gasteiger partial charge is 0.272 e. The van der Waals surface area contributed by atoms with Crippen molar-refractivity contribution < 1.29 is 14.3 Å². The van der Waals surface area contributed by atoms with Gasteiger partial charge in [-0.1, -0.05) is 60.7 Å². The number of rotatable bonds is 6. The van der Waals surface area contributed by atoms with Gasteiger partial charge >= 0.3 is 0 Å². The summed E-state index contributed by atoms with van der Waals surface area (Å²) < 4.78 is 6.21. The summed E-state index contributed by atoms with van der Waals surface area (Å²) in [5, 5.41) is 3.01. The van der Waals surface area contributed by atoms with Gasteiger partial charge in [-0.3, -0.25) is 14.6 Å². The quantitative estimate of drug-likeness (QED) is 0.630. The number of benzene rings is 2. The molecule has 1 aliphatic rings. The fourth-order valence-electron chi connectivity index (χ4n) is 4.21. The number of hydrogen-bond donors (Lipinski definition) is 1. The molecule has 1 aliphatic heterocycles. The molecule has 0 radical (unpaired) electrons. The molecule has 0 bridgehead atoms. The summed E-state index contributed by atoms with van der Waals surface area (Å²) in [4.78, 5) is 32.5. The van der Waals surface area contributed by atoms with Crippen LogP contribution in [0.2, 0.25) is 0 Å². The van der Waals surface area contributed by atoms with Gasteiger partial charge in [0.25, 0.3) is 11.8 Å². The fourth-order valence-corrected chi connectivity index (χ4v) is 4.21. The van der Waals surface area contributed by atoms with Crippen LogP contribution in [0.3, 0.4) is 0 Å². The minimum absolute atomic E-state index is 0.0517. The van der Waals surface area contributed by atoms with E-state index >= 15 is 0 Å². The standard InChI is InChI=1S/C27H29N3O3/c1-20(2)29-26(32)27(18-22-12-6-7-13-23(22)21-10-4-3-5-11-21)19-30(16-17-33-27)25(31)24-14-8-9-15-28-24/h3-15,20H,16-19H2,1-2H3,(H,29,32)/t27-/m0/s1. The molecule has 2 amide bonds. The largest absolute Gasteiger partial charge is 0.361 e. The highest BCUT2D eigenvalue weighted by Crippen LogP contribution is 2.31. The van der Waals surface area contributed by atoms with Crippen molar-refractivity contribution in [1.29, 1.82) is 0 Å². The van der Waals surface area contributed by atoms with Gasteiger partial charge in [0.2, 0.25) is 0 Å². The highest BCUT2D eigenvalue weighted by molar-refractivity contribution is 5.94. The van der Waals surface area contributed by atoms with Crippen molar-refractivity contribution in [3.63, 3.8) is 0 Å². The number of morpholine rings is 1. The molecule has 6 nitrogen and oxygen atoms in total. The highest BCUT2D eigenvalue weighted by atomic mass is 16.5. The number of nitrogens with one attached hydrogen (secondary N) is 1. The third-order valence-electron chi connectivity index (χ3n) is 5.77. The third kappa shape index (κ3) is 5.12. The van der Waals surface area contributed by atoms with Crippen LogP contribution in [0.1, 0.15) is 29.9 Å². The van der Waals surface area contributed by atoms with Gasteiger partial charge in [-0.25, -0.2) is 0 Å². The van der Waals surface area contributed by atoms with E-state index in [9.17, 15) is 9.59 Å². The van der Waals surface area contributed by atoms with Crippen LogP contribution in [0, 0.1) is 0 Å². The van der Waals surface area contributed by atoms with Crippen molar-refractivity contribution in [2.75, 3.05) is 19.7 Å². The zero-order valence-corrected chi connectivity index (χ0v) is 19.0. The van der Waals surface area contributed by atoms with Crippen molar-refractivity contribution in [3.05, 3.63) is 90.3 Å². The Labute approximate surface area is 194 Å². The first-order valence-electron chi connectivity index (χ1n) is 11.3. The van der Waals surface area contributed by atoms with Crippen LogP contribution in [0.5, 0.6) is 0 Å². The predicted molar refractivity (Wildman–Crippen MR) is 128 cm³/mol. The zero-order valence-electron chi connectivity index (χ0n) is 19.0. The molecule has 33 heavy (non-hydrogen) atoms. The third-order valence-corrected chi connectivity index (χ3v) is 5.77. The van der Waals surface area contributed by atoms with E-state index in [-0.39, 0.29) is 31.0 Å². The minimum Gasteiger partial charge on any atom is -0.361 e. The lowest BCUT2D eigenvalue weighted by atomic mass is 9.87. The molecule has 0 unspecified atom stereocenters. The first kappa shape index (κ1) is 22.7. The van der Waals surface area contributed by atoms with Gasteiger partial charge in [0.05, 0.1) is 13.2 Å². The molecule has 1 atom stereocenters. The van der Waals surface area contributed by atoms with E-state index in [1.807, 2.05) is 50.2 Å². The van der Waals surface area contributed by atoms with E-state index in [1.54, 1.807) is 29.3 Å². The normalized spacial score (nSPS) is 18.2. The Balaban J connectivity index is 1.69. The van der Waals surface area contributed by atoms with E-state index in [0.717, 1.165) is 16.7 Å². The monoisotopic (exact) mass is 443 g/mol. The molecule has 4 rings (SSSR count). The summed E-state index contributed by atoms with van der Waals surface area (Å²) in [6.45, 7) is 4.68. The number of carbonyl (C=O) groups is 2. The van der Waals surface area contributed by atoms with Crippen LogP contribution < -0.4 is 5.32 Å². The summed E-state index contributed by atoms with van der Waals surface area (Å²) in [5.74, 6) is -0.407. The minimum atomic E-state index is -1.20. The van der Waals surface area contributed by atoms with Crippen LogP contribution in [0.4, 0.5) is 0 Å². The van der Waals surface area contributed by atoms with Crippen LogP contribution >= 0.6 is 0 Å². The first-order valence-corrected chi connectivity index (χ1v) is 11.3. The van der Waals surface area contributed by atoms with Crippen LogP contribution in [-0.4, -0.2) is 53.0 Å². The Morgan fingerprint density at radius 3 is 2.48 bits per heavy atom. The fraction of sp³-hybridized carbons (Fsp3) is 0.296. The Hall–Kier alpha value is -3.51. The summed E-state index contributed by atoms with van der Waals surface area (Å²) in [5.41, 5.74) is 2.28. The average Bonchev–Trinajstić information content (AvgIpc) is 2.85. The molecule has 1 N–H and O–H groups in total. The van der Waals surface area contributed by atoms with E-state index in [2.05, 4.69) is 28.5 Å². The molecule has 6 heteroatoms. The van der Waals surface area contributed by atoms with Crippen LogP contribution in [0.25, 0.3) is 11.1 Å². The molecule has 170 valence electrons. The highest BCUT2D eigenvalue weighted by Gasteiger charge is 2.45. The lowest BCUT2D eigenvalue weighted by Crippen LogP contribution is -2.62. The molecular formula is C27H29N3O3. The van der Waals surface area contributed by atoms with E-state index in [1.165, 1.54) is 0 Å². The number of carbonyl (C=O) groups excluding carboxylic acids is 2. The summed E-state index contributed by atoms with van der Waals surface area (Å²) in [6.07, 6.45) is 1.95. The molecule has 2 aromatic carbocycles. The maximum Gasteiger partial charge on any atom is 0.272 e. The number of aromatic nitrogens is 1. The second kappa shape index (κ2) is 9.96. The second-order valence-electron chi connectivity index (χ2n) is 8.61. The summed E-state index contributed by atoms with van der Waals surface area (Å²) >= 11 is 0. The lowest BCUT2D eigenvalue weighted by Gasteiger charge is -2.42. The molecule has 1 saturated heterocycles.